The normalized spacial score (nSPS) is 25.9. The van der Waals surface area contributed by atoms with Crippen molar-refractivity contribution in [1.82, 2.24) is 15.3 Å². The van der Waals surface area contributed by atoms with E-state index in [1.165, 1.54) is 19.3 Å². The highest BCUT2D eigenvalue weighted by Gasteiger charge is 2.38. The molecule has 0 spiro atoms. The van der Waals surface area contributed by atoms with Gasteiger partial charge in [-0.1, -0.05) is 44.2 Å². The van der Waals surface area contributed by atoms with Crippen molar-refractivity contribution in [2.45, 2.75) is 49.6 Å². The first-order valence-corrected chi connectivity index (χ1v) is 8.27. The minimum atomic E-state index is 0.358. The summed E-state index contributed by atoms with van der Waals surface area (Å²) in [5.74, 6) is 0. The summed E-state index contributed by atoms with van der Waals surface area (Å²) < 4.78 is 0. The number of rotatable bonds is 3. The predicted molar refractivity (Wildman–Crippen MR) is 86.2 cm³/mol. The summed E-state index contributed by atoms with van der Waals surface area (Å²) in [6.07, 6.45) is 3.87. The Kier molecular flexibility index (Phi) is 3.78. The van der Waals surface area contributed by atoms with E-state index < -0.39 is 0 Å². The molecular weight excluding hydrogens is 266 g/mol. The Hall–Kier alpha value is -1.00. The van der Waals surface area contributed by atoms with Crippen LogP contribution >= 0.6 is 11.8 Å². The Morgan fingerprint density at radius 2 is 2.15 bits per heavy atom. The second-order valence-corrected chi connectivity index (χ2v) is 7.59. The fourth-order valence-electron chi connectivity index (χ4n) is 3.42. The average molecular weight is 289 g/mol. The highest BCUT2D eigenvalue weighted by Crippen LogP contribution is 2.42. The molecule has 0 amide bonds. The first-order valence-electron chi connectivity index (χ1n) is 7.39. The molecule has 20 heavy (non-hydrogen) atoms. The van der Waals surface area contributed by atoms with Crippen LogP contribution in [0.4, 0.5) is 0 Å². The number of nitrogens with zero attached hydrogens (tertiary/aromatic N) is 1. The van der Waals surface area contributed by atoms with Gasteiger partial charge in [-0.15, -0.1) is 0 Å². The Bertz CT molecular complexity index is 557. The van der Waals surface area contributed by atoms with Gasteiger partial charge in [-0.25, -0.2) is 4.98 Å². The molecule has 3 nitrogen and oxygen atoms in total. The van der Waals surface area contributed by atoms with Crippen molar-refractivity contribution >= 4 is 22.8 Å². The van der Waals surface area contributed by atoms with Crippen molar-refractivity contribution in [2.24, 2.45) is 5.41 Å². The van der Waals surface area contributed by atoms with Gasteiger partial charge in [-0.05, 0) is 37.4 Å². The van der Waals surface area contributed by atoms with Gasteiger partial charge in [0.1, 0.15) is 0 Å². The van der Waals surface area contributed by atoms with E-state index in [-0.39, 0.29) is 0 Å². The van der Waals surface area contributed by atoms with Crippen LogP contribution in [-0.2, 0) is 0 Å². The van der Waals surface area contributed by atoms with Crippen LogP contribution in [0.25, 0.3) is 11.0 Å². The minimum absolute atomic E-state index is 0.358. The second-order valence-electron chi connectivity index (χ2n) is 6.36. The molecule has 1 aromatic heterocycles. The largest absolute Gasteiger partial charge is 0.333 e. The monoisotopic (exact) mass is 289 g/mol. The predicted octanol–water partition coefficient (Wildman–Crippen LogP) is 3.82. The molecule has 1 aromatic carbocycles. The minimum Gasteiger partial charge on any atom is -0.333 e. The smallest absolute Gasteiger partial charge is 0.166 e. The molecule has 0 saturated heterocycles. The Balaban J connectivity index is 1.82. The molecule has 2 aromatic rings. The van der Waals surface area contributed by atoms with Crippen LogP contribution in [0.2, 0.25) is 0 Å². The molecule has 4 heteroatoms. The summed E-state index contributed by atoms with van der Waals surface area (Å²) in [7, 11) is 2.09. The zero-order chi connectivity index (χ0) is 14.2. The van der Waals surface area contributed by atoms with Crippen molar-refractivity contribution < 1.29 is 0 Å². The number of aromatic nitrogens is 2. The number of nitrogens with one attached hydrogen (secondary N) is 2. The molecule has 2 unspecified atom stereocenters. The van der Waals surface area contributed by atoms with Crippen LogP contribution in [0.3, 0.4) is 0 Å². The summed E-state index contributed by atoms with van der Waals surface area (Å²) in [5.41, 5.74) is 2.55. The van der Waals surface area contributed by atoms with E-state index in [0.29, 0.717) is 16.7 Å². The lowest BCUT2D eigenvalue weighted by Gasteiger charge is -2.43. The first kappa shape index (κ1) is 14.0. The quantitative estimate of drug-likeness (QED) is 0.902. The average Bonchev–Trinajstić information content (AvgIpc) is 2.80. The van der Waals surface area contributed by atoms with Gasteiger partial charge in [-0.3, -0.25) is 0 Å². The number of imidazole rings is 1. The van der Waals surface area contributed by atoms with E-state index >= 15 is 0 Å². The van der Waals surface area contributed by atoms with Crippen LogP contribution in [0.1, 0.15) is 33.1 Å². The lowest BCUT2D eigenvalue weighted by molar-refractivity contribution is 0.182. The number of fused-ring (bicyclic) bond motifs is 1. The maximum Gasteiger partial charge on any atom is 0.166 e. The Morgan fingerprint density at radius 3 is 2.90 bits per heavy atom. The molecule has 1 heterocycles. The molecule has 3 rings (SSSR count). The zero-order valence-corrected chi connectivity index (χ0v) is 13.3. The maximum atomic E-state index is 4.70. The van der Waals surface area contributed by atoms with Crippen LogP contribution in [0, 0.1) is 5.41 Å². The molecule has 2 N–H and O–H groups in total. The molecule has 1 saturated carbocycles. The Morgan fingerprint density at radius 1 is 1.35 bits per heavy atom. The number of thioether (sulfide) groups is 1. The van der Waals surface area contributed by atoms with Crippen LogP contribution in [-0.4, -0.2) is 28.3 Å². The highest BCUT2D eigenvalue weighted by atomic mass is 32.2. The van der Waals surface area contributed by atoms with Gasteiger partial charge >= 0.3 is 0 Å². The molecule has 1 aliphatic rings. The van der Waals surface area contributed by atoms with Crippen molar-refractivity contribution in [3.05, 3.63) is 24.3 Å². The number of hydrogen-bond acceptors (Lipinski definition) is 3. The molecule has 108 valence electrons. The van der Waals surface area contributed by atoms with Gasteiger partial charge in [0, 0.05) is 11.3 Å². The standard InChI is InChI=1S/C16H23N3S/c1-16(2)10-6-9-13(14(16)17-3)20-15-18-11-7-4-5-8-12(11)19-15/h4-5,7-8,13-14,17H,6,9-10H2,1-3H3,(H,18,19). The summed E-state index contributed by atoms with van der Waals surface area (Å²) >= 11 is 1.90. The fraction of sp³-hybridized carbons (Fsp3) is 0.562. The number of benzene rings is 1. The van der Waals surface area contributed by atoms with Gasteiger partial charge in [0.15, 0.2) is 5.16 Å². The summed E-state index contributed by atoms with van der Waals surface area (Å²) in [4.78, 5) is 8.14. The second kappa shape index (κ2) is 5.41. The topological polar surface area (TPSA) is 40.7 Å². The number of para-hydroxylation sites is 2. The lowest BCUT2D eigenvalue weighted by atomic mass is 9.73. The number of H-pyrrole nitrogens is 1. The molecule has 0 aliphatic heterocycles. The third-order valence-electron chi connectivity index (χ3n) is 4.47. The molecule has 1 fully saturated rings. The van der Waals surface area contributed by atoms with E-state index in [0.717, 1.165) is 16.2 Å². The summed E-state index contributed by atoms with van der Waals surface area (Å²) in [6.45, 7) is 4.75. The van der Waals surface area contributed by atoms with Crippen molar-refractivity contribution in [1.29, 1.82) is 0 Å². The van der Waals surface area contributed by atoms with Gasteiger partial charge in [0.05, 0.1) is 11.0 Å². The van der Waals surface area contributed by atoms with Gasteiger partial charge in [0.2, 0.25) is 0 Å². The van der Waals surface area contributed by atoms with Gasteiger partial charge in [-0.2, -0.15) is 0 Å². The van der Waals surface area contributed by atoms with E-state index in [4.69, 9.17) is 4.98 Å². The van der Waals surface area contributed by atoms with E-state index in [2.05, 4.69) is 49.4 Å². The van der Waals surface area contributed by atoms with E-state index in [1.54, 1.807) is 0 Å². The van der Waals surface area contributed by atoms with E-state index in [9.17, 15) is 0 Å². The first-order chi connectivity index (χ1) is 9.60. The molecule has 2 atom stereocenters. The van der Waals surface area contributed by atoms with E-state index in [1.807, 2.05) is 17.8 Å². The molecular formula is C16H23N3S. The van der Waals surface area contributed by atoms with Crippen molar-refractivity contribution in [2.75, 3.05) is 7.05 Å². The lowest BCUT2D eigenvalue weighted by Crippen LogP contribution is -2.49. The highest BCUT2D eigenvalue weighted by molar-refractivity contribution is 7.99. The Labute approximate surface area is 124 Å². The van der Waals surface area contributed by atoms with Crippen LogP contribution in [0.5, 0.6) is 0 Å². The van der Waals surface area contributed by atoms with Crippen LogP contribution in [0.15, 0.2) is 29.4 Å². The molecule has 1 aliphatic carbocycles. The third kappa shape index (κ3) is 2.59. The zero-order valence-electron chi connectivity index (χ0n) is 12.4. The summed E-state index contributed by atoms with van der Waals surface area (Å²) in [5, 5.41) is 5.17. The summed E-state index contributed by atoms with van der Waals surface area (Å²) in [6, 6.07) is 8.78. The SMILES string of the molecule is CNC1C(Sc2nc3ccccc3[nH]2)CCCC1(C)C. The fourth-order valence-corrected chi connectivity index (χ4v) is 4.95. The van der Waals surface area contributed by atoms with Gasteiger partial charge in [0.25, 0.3) is 0 Å². The van der Waals surface area contributed by atoms with Crippen LogP contribution < -0.4 is 5.32 Å². The van der Waals surface area contributed by atoms with Crippen molar-refractivity contribution in [3.63, 3.8) is 0 Å². The maximum absolute atomic E-state index is 4.70. The molecule has 0 radical (unpaired) electrons. The number of hydrogen-bond donors (Lipinski definition) is 2. The van der Waals surface area contributed by atoms with Gasteiger partial charge < -0.3 is 10.3 Å². The molecule has 0 bridgehead atoms. The number of aromatic amines is 1. The van der Waals surface area contributed by atoms with Crippen molar-refractivity contribution in [3.8, 4) is 0 Å². The third-order valence-corrected chi connectivity index (χ3v) is 5.69.